The summed E-state index contributed by atoms with van der Waals surface area (Å²) in [5.41, 5.74) is 1.84. The van der Waals surface area contributed by atoms with Crippen molar-refractivity contribution in [3.05, 3.63) is 35.4 Å². The van der Waals surface area contributed by atoms with Gasteiger partial charge in [-0.05, 0) is 44.0 Å². The molecule has 3 N–H and O–H groups in total. The normalized spacial score (nSPS) is 22.3. The van der Waals surface area contributed by atoms with E-state index in [0.29, 0.717) is 6.54 Å². The predicted octanol–water partition coefficient (Wildman–Crippen LogP) is 1.62. The van der Waals surface area contributed by atoms with Crippen LogP contribution in [0.4, 0.5) is 0 Å². The molecule has 0 aliphatic carbocycles. The first-order valence-corrected chi connectivity index (χ1v) is 6.89. The minimum Gasteiger partial charge on any atom is -0.387 e. The quantitative estimate of drug-likeness (QED) is 0.694. The Morgan fingerprint density at radius 1 is 1.44 bits per heavy atom. The first-order chi connectivity index (χ1) is 8.65. The van der Waals surface area contributed by atoms with Crippen molar-refractivity contribution in [2.24, 2.45) is 0 Å². The number of nitrogens with one attached hydrogen (secondary N) is 2. The first kappa shape index (κ1) is 13.5. The molecule has 1 aliphatic heterocycles. The van der Waals surface area contributed by atoms with Gasteiger partial charge in [0.1, 0.15) is 0 Å². The van der Waals surface area contributed by atoms with Crippen molar-refractivity contribution in [3.63, 3.8) is 0 Å². The fourth-order valence-corrected chi connectivity index (χ4v) is 2.68. The maximum absolute atomic E-state index is 10.7. The number of fused-ring (bicyclic) bond motifs is 1. The number of hydrogen-bond donors (Lipinski definition) is 3. The molecule has 1 aliphatic rings. The largest absolute Gasteiger partial charge is 0.387 e. The Morgan fingerprint density at radius 2 is 2.22 bits per heavy atom. The monoisotopic (exact) mass is 248 g/mol. The molecule has 0 aromatic heterocycles. The fraction of sp³-hybridized carbons (Fsp3) is 0.600. The smallest absolute Gasteiger partial charge is 0.0937 e. The average Bonchev–Trinajstić information content (AvgIpc) is 2.38. The van der Waals surface area contributed by atoms with E-state index < -0.39 is 5.60 Å². The Morgan fingerprint density at radius 3 is 3.00 bits per heavy atom. The first-order valence-electron chi connectivity index (χ1n) is 6.89. The van der Waals surface area contributed by atoms with Crippen LogP contribution in [-0.4, -0.2) is 30.3 Å². The number of hydrogen-bond acceptors (Lipinski definition) is 3. The van der Waals surface area contributed by atoms with Gasteiger partial charge < -0.3 is 15.7 Å². The highest BCUT2D eigenvalue weighted by atomic mass is 16.3. The van der Waals surface area contributed by atoms with Gasteiger partial charge in [-0.1, -0.05) is 31.2 Å². The average molecular weight is 248 g/mol. The van der Waals surface area contributed by atoms with Gasteiger partial charge in [0.25, 0.3) is 0 Å². The Bertz CT molecular complexity index is 390. The van der Waals surface area contributed by atoms with E-state index in [1.807, 2.05) is 13.0 Å². The predicted molar refractivity (Wildman–Crippen MR) is 74.7 cm³/mol. The summed E-state index contributed by atoms with van der Waals surface area (Å²) in [7, 11) is 0. The Balaban J connectivity index is 2.13. The van der Waals surface area contributed by atoms with Crippen LogP contribution in [0.2, 0.25) is 0 Å². The summed E-state index contributed by atoms with van der Waals surface area (Å²) in [5, 5.41) is 17.5. The van der Waals surface area contributed by atoms with E-state index in [0.717, 1.165) is 25.9 Å². The summed E-state index contributed by atoms with van der Waals surface area (Å²) in [6, 6.07) is 8.44. The molecule has 2 rings (SSSR count). The summed E-state index contributed by atoms with van der Waals surface area (Å²) in [4.78, 5) is 0. The van der Waals surface area contributed by atoms with Gasteiger partial charge in [0.05, 0.1) is 11.6 Å². The van der Waals surface area contributed by atoms with Gasteiger partial charge in [0, 0.05) is 6.54 Å². The van der Waals surface area contributed by atoms with Gasteiger partial charge in [-0.15, -0.1) is 0 Å². The van der Waals surface area contributed by atoms with Gasteiger partial charge >= 0.3 is 0 Å². The highest BCUT2D eigenvalue weighted by Crippen LogP contribution is 2.30. The van der Waals surface area contributed by atoms with E-state index in [1.54, 1.807) is 0 Å². The standard InChI is InChI=1S/C15H24N2O/c1-3-9-16-11-15(2,18)14-13-7-5-4-6-12(13)8-10-17-14/h4-7,14,16-18H,3,8-11H2,1-2H3. The van der Waals surface area contributed by atoms with Crippen LogP contribution in [0.5, 0.6) is 0 Å². The Kier molecular flexibility index (Phi) is 4.38. The van der Waals surface area contributed by atoms with Crippen molar-refractivity contribution in [2.45, 2.75) is 38.3 Å². The molecule has 0 radical (unpaired) electrons. The second kappa shape index (κ2) is 5.83. The third-order valence-corrected chi connectivity index (χ3v) is 3.64. The molecule has 100 valence electrons. The summed E-state index contributed by atoms with van der Waals surface area (Å²) in [5.74, 6) is 0. The third-order valence-electron chi connectivity index (χ3n) is 3.64. The molecule has 0 amide bonds. The maximum Gasteiger partial charge on any atom is 0.0937 e. The van der Waals surface area contributed by atoms with Crippen molar-refractivity contribution in [3.8, 4) is 0 Å². The van der Waals surface area contributed by atoms with E-state index in [4.69, 9.17) is 0 Å². The van der Waals surface area contributed by atoms with Crippen LogP contribution in [0.3, 0.4) is 0 Å². The van der Waals surface area contributed by atoms with E-state index in [-0.39, 0.29) is 6.04 Å². The molecule has 0 saturated carbocycles. The van der Waals surface area contributed by atoms with Gasteiger partial charge in [0.2, 0.25) is 0 Å². The lowest BCUT2D eigenvalue weighted by Crippen LogP contribution is -2.50. The van der Waals surface area contributed by atoms with Crippen molar-refractivity contribution in [1.29, 1.82) is 0 Å². The molecule has 2 atom stereocenters. The Hall–Kier alpha value is -0.900. The van der Waals surface area contributed by atoms with Crippen LogP contribution < -0.4 is 10.6 Å². The lowest BCUT2D eigenvalue weighted by Gasteiger charge is -2.38. The van der Waals surface area contributed by atoms with Crippen LogP contribution in [0.15, 0.2) is 24.3 Å². The van der Waals surface area contributed by atoms with E-state index in [9.17, 15) is 5.11 Å². The highest BCUT2D eigenvalue weighted by molar-refractivity contribution is 5.34. The van der Waals surface area contributed by atoms with Crippen LogP contribution in [0.25, 0.3) is 0 Å². The van der Waals surface area contributed by atoms with E-state index in [1.165, 1.54) is 11.1 Å². The summed E-state index contributed by atoms with van der Waals surface area (Å²) >= 11 is 0. The molecule has 0 spiro atoms. The summed E-state index contributed by atoms with van der Waals surface area (Å²) < 4.78 is 0. The minimum atomic E-state index is -0.758. The summed E-state index contributed by atoms with van der Waals surface area (Å²) in [6.45, 7) is 6.55. The topological polar surface area (TPSA) is 44.3 Å². The SMILES string of the molecule is CCCNCC(C)(O)C1NCCc2ccccc21. The molecular formula is C15H24N2O. The lowest BCUT2D eigenvalue weighted by atomic mass is 9.84. The molecule has 1 aromatic rings. The van der Waals surface area contributed by atoms with Crippen LogP contribution in [-0.2, 0) is 6.42 Å². The van der Waals surface area contributed by atoms with E-state index in [2.05, 4.69) is 35.8 Å². The van der Waals surface area contributed by atoms with Gasteiger partial charge in [0.15, 0.2) is 0 Å². The van der Waals surface area contributed by atoms with Crippen molar-refractivity contribution < 1.29 is 5.11 Å². The second-order valence-corrected chi connectivity index (χ2v) is 5.37. The van der Waals surface area contributed by atoms with Crippen molar-refractivity contribution in [2.75, 3.05) is 19.6 Å². The number of benzene rings is 1. The zero-order chi connectivity index (χ0) is 13.0. The summed E-state index contributed by atoms with van der Waals surface area (Å²) in [6.07, 6.45) is 2.13. The molecular weight excluding hydrogens is 224 g/mol. The molecule has 2 unspecified atom stereocenters. The molecule has 1 aromatic carbocycles. The molecule has 18 heavy (non-hydrogen) atoms. The molecule has 3 nitrogen and oxygen atoms in total. The van der Waals surface area contributed by atoms with Crippen LogP contribution in [0.1, 0.15) is 37.4 Å². The molecule has 0 bridgehead atoms. The van der Waals surface area contributed by atoms with Crippen LogP contribution in [0, 0.1) is 0 Å². The minimum absolute atomic E-state index is 0.0202. The maximum atomic E-state index is 10.7. The van der Waals surface area contributed by atoms with Crippen molar-refractivity contribution >= 4 is 0 Å². The van der Waals surface area contributed by atoms with Crippen molar-refractivity contribution in [1.82, 2.24) is 10.6 Å². The zero-order valence-electron chi connectivity index (χ0n) is 11.4. The molecule has 1 heterocycles. The fourth-order valence-electron chi connectivity index (χ4n) is 2.68. The zero-order valence-corrected chi connectivity index (χ0v) is 11.4. The number of rotatable bonds is 5. The number of aliphatic hydroxyl groups is 1. The third kappa shape index (κ3) is 2.91. The van der Waals surface area contributed by atoms with Gasteiger partial charge in [-0.3, -0.25) is 0 Å². The van der Waals surface area contributed by atoms with Gasteiger partial charge in [-0.25, -0.2) is 0 Å². The molecule has 3 heteroatoms. The second-order valence-electron chi connectivity index (χ2n) is 5.37. The molecule has 0 fully saturated rings. The lowest BCUT2D eigenvalue weighted by molar-refractivity contribution is 0.0169. The van der Waals surface area contributed by atoms with Gasteiger partial charge in [-0.2, -0.15) is 0 Å². The van der Waals surface area contributed by atoms with E-state index >= 15 is 0 Å². The Labute approximate surface area is 110 Å². The highest BCUT2D eigenvalue weighted by Gasteiger charge is 2.35. The molecule has 0 saturated heterocycles. The van der Waals surface area contributed by atoms with Crippen LogP contribution >= 0.6 is 0 Å².